The fourth-order valence-electron chi connectivity index (χ4n) is 4.00. The molecule has 0 unspecified atom stereocenters. The summed E-state index contributed by atoms with van der Waals surface area (Å²) in [6.07, 6.45) is 8.63. The summed E-state index contributed by atoms with van der Waals surface area (Å²) in [4.78, 5) is 32.5. The Kier molecular flexibility index (Phi) is 6.29. The van der Waals surface area contributed by atoms with Crippen molar-refractivity contribution in [2.75, 3.05) is 26.2 Å². The van der Waals surface area contributed by atoms with E-state index >= 15 is 0 Å². The van der Waals surface area contributed by atoms with Gasteiger partial charge in [0.2, 0.25) is 11.8 Å². The van der Waals surface area contributed by atoms with Gasteiger partial charge in [-0.25, -0.2) is 4.98 Å². The summed E-state index contributed by atoms with van der Waals surface area (Å²) in [6, 6.07) is 0. The fourth-order valence-corrected chi connectivity index (χ4v) is 4.00. The van der Waals surface area contributed by atoms with Crippen LogP contribution in [0, 0.1) is 5.92 Å². The van der Waals surface area contributed by atoms with E-state index in [1.807, 2.05) is 27.6 Å². The molecule has 2 fully saturated rings. The number of hydrogen-bond donors (Lipinski definition) is 1. The predicted molar refractivity (Wildman–Crippen MR) is 97.1 cm³/mol. The van der Waals surface area contributed by atoms with Crippen LogP contribution in [0.2, 0.25) is 0 Å². The molecule has 0 radical (unpaired) electrons. The summed E-state index contributed by atoms with van der Waals surface area (Å²) in [5.74, 6) is 1.13. The molecule has 0 aromatic carbocycles. The average molecular weight is 362 g/mol. The van der Waals surface area contributed by atoms with Gasteiger partial charge in [-0.05, 0) is 31.6 Å². The lowest BCUT2D eigenvalue weighted by Crippen LogP contribution is -2.42. The van der Waals surface area contributed by atoms with Crippen molar-refractivity contribution in [1.82, 2.24) is 19.4 Å². The van der Waals surface area contributed by atoms with Crippen LogP contribution in [0.3, 0.4) is 0 Å². The van der Waals surface area contributed by atoms with E-state index in [-0.39, 0.29) is 17.7 Å². The first-order valence-corrected chi connectivity index (χ1v) is 9.77. The number of aryl methyl sites for hydroxylation is 1. The normalized spacial score (nSPS) is 20.9. The van der Waals surface area contributed by atoms with Crippen molar-refractivity contribution >= 4 is 11.8 Å². The van der Waals surface area contributed by atoms with E-state index in [1.165, 1.54) is 0 Å². The molecule has 144 valence electrons. The molecule has 0 aliphatic carbocycles. The molecule has 2 amide bonds. The highest BCUT2D eigenvalue weighted by Gasteiger charge is 2.30. The van der Waals surface area contributed by atoms with Gasteiger partial charge in [-0.1, -0.05) is 6.42 Å². The second-order valence-electron chi connectivity index (χ2n) is 7.50. The molecule has 0 bridgehead atoms. The zero-order chi connectivity index (χ0) is 18.5. The van der Waals surface area contributed by atoms with Crippen LogP contribution in [0.25, 0.3) is 0 Å². The summed E-state index contributed by atoms with van der Waals surface area (Å²) < 4.78 is 1.85. The maximum atomic E-state index is 12.5. The summed E-state index contributed by atoms with van der Waals surface area (Å²) in [5, 5.41) is 10.5. The number of aromatic nitrogens is 2. The number of piperidine rings is 1. The summed E-state index contributed by atoms with van der Waals surface area (Å²) in [7, 11) is 1.88. The third kappa shape index (κ3) is 4.44. The third-order valence-electron chi connectivity index (χ3n) is 5.73. The molecule has 1 aromatic rings. The van der Waals surface area contributed by atoms with Crippen LogP contribution in [0.15, 0.2) is 12.4 Å². The molecule has 26 heavy (non-hydrogen) atoms. The maximum absolute atomic E-state index is 12.5. The smallest absolute Gasteiger partial charge is 0.224 e. The first-order chi connectivity index (χ1) is 12.6. The van der Waals surface area contributed by atoms with Crippen molar-refractivity contribution in [1.29, 1.82) is 0 Å². The highest BCUT2D eigenvalue weighted by atomic mass is 16.3. The van der Waals surface area contributed by atoms with Gasteiger partial charge in [-0.3, -0.25) is 9.59 Å². The molecule has 7 nitrogen and oxygen atoms in total. The lowest BCUT2D eigenvalue weighted by Gasteiger charge is -2.34. The molecule has 3 heterocycles. The van der Waals surface area contributed by atoms with Crippen LogP contribution in [0.1, 0.15) is 56.9 Å². The Balaban J connectivity index is 1.44. The molecule has 3 rings (SSSR count). The number of carbonyl (C=O) groups excluding carboxylic acids is 2. The highest BCUT2D eigenvalue weighted by molar-refractivity contribution is 5.79. The average Bonchev–Trinajstić information content (AvgIpc) is 2.97. The van der Waals surface area contributed by atoms with E-state index in [9.17, 15) is 14.7 Å². The SMILES string of the molecule is Cn1ccnc1[C@@H](O)C1CCN(C(=O)CCN2CCCCCC2=O)CC1. The Hall–Kier alpha value is -1.89. The van der Waals surface area contributed by atoms with Crippen molar-refractivity contribution < 1.29 is 14.7 Å². The van der Waals surface area contributed by atoms with Crippen molar-refractivity contribution in [3.63, 3.8) is 0 Å². The molecule has 2 aliphatic heterocycles. The summed E-state index contributed by atoms with van der Waals surface area (Å²) in [5.41, 5.74) is 0. The number of nitrogens with zero attached hydrogens (tertiary/aromatic N) is 4. The monoisotopic (exact) mass is 362 g/mol. The Morgan fingerprint density at radius 3 is 2.73 bits per heavy atom. The quantitative estimate of drug-likeness (QED) is 0.861. The minimum atomic E-state index is -0.582. The van der Waals surface area contributed by atoms with Crippen LogP contribution < -0.4 is 0 Å². The zero-order valence-electron chi connectivity index (χ0n) is 15.6. The first-order valence-electron chi connectivity index (χ1n) is 9.77. The van der Waals surface area contributed by atoms with Gasteiger partial charge in [-0.2, -0.15) is 0 Å². The lowest BCUT2D eigenvalue weighted by atomic mass is 9.90. The largest absolute Gasteiger partial charge is 0.385 e. The molecule has 0 saturated carbocycles. The zero-order valence-corrected chi connectivity index (χ0v) is 15.6. The van der Waals surface area contributed by atoms with Gasteiger partial charge in [0.1, 0.15) is 11.9 Å². The predicted octanol–water partition coefficient (Wildman–Crippen LogP) is 1.48. The summed E-state index contributed by atoms with van der Waals surface area (Å²) >= 11 is 0. The number of hydrogen-bond acceptors (Lipinski definition) is 4. The van der Waals surface area contributed by atoms with E-state index in [0.29, 0.717) is 38.3 Å². The molecule has 1 atom stereocenters. The van der Waals surface area contributed by atoms with Crippen molar-refractivity contribution in [3.05, 3.63) is 18.2 Å². The van der Waals surface area contributed by atoms with Crippen LogP contribution in [0.5, 0.6) is 0 Å². The van der Waals surface area contributed by atoms with Gasteiger partial charge in [0.05, 0.1) is 0 Å². The topological polar surface area (TPSA) is 78.7 Å². The second kappa shape index (κ2) is 8.66. The number of rotatable bonds is 5. The van der Waals surface area contributed by atoms with E-state index < -0.39 is 6.10 Å². The van der Waals surface area contributed by atoms with E-state index in [2.05, 4.69) is 4.98 Å². The van der Waals surface area contributed by atoms with Gasteiger partial charge in [0.25, 0.3) is 0 Å². The first kappa shape index (κ1) is 18.9. The molecular weight excluding hydrogens is 332 g/mol. The molecular formula is C19H30N4O3. The van der Waals surface area contributed by atoms with Gasteiger partial charge >= 0.3 is 0 Å². The number of amides is 2. The number of aliphatic hydroxyl groups excluding tert-OH is 1. The number of carbonyl (C=O) groups is 2. The molecule has 2 aliphatic rings. The molecule has 1 aromatic heterocycles. The lowest BCUT2D eigenvalue weighted by molar-refractivity contribution is -0.135. The van der Waals surface area contributed by atoms with Gasteiger partial charge in [0.15, 0.2) is 0 Å². The van der Waals surface area contributed by atoms with Crippen LogP contribution in [-0.2, 0) is 16.6 Å². The Labute approximate surface area is 155 Å². The Morgan fingerprint density at radius 2 is 2.04 bits per heavy atom. The molecule has 1 N–H and O–H groups in total. The van der Waals surface area contributed by atoms with Crippen molar-refractivity contribution in [3.8, 4) is 0 Å². The second-order valence-corrected chi connectivity index (χ2v) is 7.50. The van der Waals surface area contributed by atoms with Crippen molar-refractivity contribution in [2.24, 2.45) is 13.0 Å². The number of likely N-dealkylation sites (tertiary alicyclic amines) is 2. The molecule has 2 saturated heterocycles. The minimum Gasteiger partial charge on any atom is -0.385 e. The van der Waals surface area contributed by atoms with Crippen LogP contribution in [-0.4, -0.2) is 62.5 Å². The van der Waals surface area contributed by atoms with Crippen molar-refractivity contribution in [2.45, 2.75) is 51.0 Å². The van der Waals surface area contributed by atoms with Gasteiger partial charge in [0, 0.05) is 58.5 Å². The van der Waals surface area contributed by atoms with E-state index in [0.717, 1.165) is 38.6 Å². The minimum absolute atomic E-state index is 0.118. The fraction of sp³-hybridized carbons (Fsp3) is 0.737. The standard InChI is InChI=1S/C19H30N4O3/c1-21-14-9-20-19(21)18(26)15-6-11-23(12-7-15)17(25)8-13-22-10-4-2-3-5-16(22)24/h9,14-15,18,26H,2-8,10-13H2,1H3/t18-/m0/s1. The van der Waals surface area contributed by atoms with Crippen LogP contribution in [0.4, 0.5) is 0 Å². The van der Waals surface area contributed by atoms with E-state index in [1.54, 1.807) is 6.20 Å². The highest BCUT2D eigenvalue weighted by Crippen LogP contribution is 2.29. The van der Waals surface area contributed by atoms with Gasteiger partial charge < -0.3 is 19.5 Å². The molecule has 0 spiro atoms. The number of imidazole rings is 1. The van der Waals surface area contributed by atoms with Crippen LogP contribution >= 0.6 is 0 Å². The van der Waals surface area contributed by atoms with E-state index in [4.69, 9.17) is 0 Å². The van der Waals surface area contributed by atoms with Gasteiger partial charge in [-0.15, -0.1) is 0 Å². The maximum Gasteiger partial charge on any atom is 0.224 e. The Bertz CT molecular complexity index is 622. The summed E-state index contributed by atoms with van der Waals surface area (Å²) in [6.45, 7) is 2.65. The number of aliphatic hydroxyl groups is 1. The Morgan fingerprint density at radius 1 is 1.27 bits per heavy atom. The molecule has 7 heteroatoms. The third-order valence-corrected chi connectivity index (χ3v) is 5.73.